The summed E-state index contributed by atoms with van der Waals surface area (Å²) in [7, 11) is 0. The average molecular weight is 267 g/mol. The number of nitrogens with one attached hydrogen (secondary N) is 1. The second kappa shape index (κ2) is 6.85. The summed E-state index contributed by atoms with van der Waals surface area (Å²) >= 11 is 1.49. The highest BCUT2D eigenvalue weighted by Crippen LogP contribution is 2.13. The molecule has 0 aromatic carbocycles. The predicted octanol–water partition coefficient (Wildman–Crippen LogP) is 1.92. The van der Waals surface area contributed by atoms with Crippen LogP contribution >= 0.6 is 11.3 Å². The molecule has 1 aromatic rings. The van der Waals surface area contributed by atoms with Crippen molar-refractivity contribution in [3.63, 3.8) is 0 Å². The van der Waals surface area contributed by atoms with Crippen LogP contribution in [0.1, 0.15) is 40.9 Å². The summed E-state index contributed by atoms with van der Waals surface area (Å²) in [6, 6.07) is 0. The van der Waals surface area contributed by atoms with Gasteiger partial charge in [0.1, 0.15) is 4.88 Å². The molecule has 0 atom stereocenters. The number of hydrogen-bond donors (Lipinski definition) is 1. The fourth-order valence-corrected chi connectivity index (χ4v) is 2.95. The van der Waals surface area contributed by atoms with Gasteiger partial charge in [-0.2, -0.15) is 0 Å². The van der Waals surface area contributed by atoms with Crippen LogP contribution in [-0.4, -0.2) is 42.0 Å². The fourth-order valence-electron chi connectivity index (χ4n) is 2.18. The molecular formula is C13H21N3OS. The van der Waals surface area contributed by atoms with Crippen molar-refractivity contribution >= 4 is 17.2 Å². The molecule has 0 aliphatic carbocycles. The molecule has 4 nitrogen and oxygen atoms in total. The number of aromatic nitrogens is 1. The van der Waals surface area contributed by atoms with E-state index >= 15 is 0 Å². The lowest BCUT2D eigenvalue weighted by Crippen LogP contribution is -2.37. The smallest absolute Gasteiger partial charge is 0.263 e. The minimum absolute atomic E-state index is 0.0178. The van der Waals surface area contributed by atoms with Crippen molar-refractivity contribution in [1.29, 1.82) is 0 Å². The summed E-state index contributed by atoms with van der Waals surface area (Å²) in [6.07, 6.45) is 6.51. The molecule has 18 heavy (non-hydrogen) atoms. The molecular weight excluding hydrogens is 246 g/mol. The quantitative estimate of drug-likeness (QED) is 0.886. The summed E-state index contributed by atoms with van der Waals surface area (Å²) in [6.45, 7) is 6.10. The summed E-state index contributed by atoms with van der Waals surface area (Å²) in [4.78, 5) is 19.2. The van der Waals surface area contributed by atoms with E-state index in [9.17, 15) is 4.79 Å². The van der Waals surface area contributed by atoms with E-state index < -0.39 is 0 Å². The van der Waals surface area contributed by atoms with Gasteiger partial charge in [-0.05, 0) is 32.4 Å². The topological polar surface area (TPSA) is 45.2 Å². The Morgan fingerprint density at radius 2 is 2.22 bits per heavy atom. The van der Waals surface area contributed by atoms with E-state index in [1.807, 2.05) is 0 Å². The minimum atomic E-state index is 0.0178. The molecule has 1 saturated heterocycles. The number of thiazole rings is 1. The maximum absolute atomic E-state index is 11.9. The predicted molar refractivity (Wildman–Crippen MR) is 74.1 cm³/mol. The Kier molecular flexibility index (Phi) is 5.13. The van der Waals surface area contributed by atoms with E-state index in [0.717, 1.165) is 29.4 Å². The third-order valence-corrected chi connectivity index (χ3v) is 4.38. The number of rotatable bonds is 5. The zero-order chi connectivity index (χ0) is 12.8. The Balaban J connectivity index is 1.70. The Hall–Kier alpha value is -0.940. The van der Waals surface area contributed by atoms with E-state index in [-0.39, 0.29) is 5.91 Å². The molecule has 0 unspecified atom stereocenters. The Bertz CT molecular complexity index is 385. The van der Waals surface area contributed by atoms with Crippen LogP contribution < -0.4 is 5.32 Å². The van der Waals surface area contributed by atoms with Crippen molar-refractivity contribution < 1.29 is 4.79 Å². The lowest BCUT2D eigenvalue weighted by Gasteiger charge is -2.26. The molecule has 1 aliphatic rings. The van der Waals surface area contributed by atoms with Gasteiger partial charge in [-0.15, -0.1) is 11.3 Å². The summed E-state index contributed by atoms with van der Waals surface area (Å²) < 4.78 is 0. The number of carbonyl (C=O) groups excluding carboxylic acids is 1. The van der Waals surface area contributed by atoms with Crippen molar-refractivity contribution in [2.45, 2.75) is 32.6 Å². The molecule has 1 N–H and O–H groups in total. The molecule has 5 heteroatoms. The third-order valence-electron chi connectivity index (χ3n) is 3.24. The Morgan fingerprint density at radius 3 is 2.89 bits per heavy atom. The molecule has 0 bridgehead atoms. The van der Waals surface area contributed by atoms with E-state index in [1.165, 1.54) is 43.7 Å². The fraction of sp³-hybridized carbons (Fsp3) is 0.692. The van der Waals surface area contributed by atoms with Gasteiger partial charge in [0.05, 0.1) is 11.2 Å². The van der Waals surface area contributed by atoms with Gasteiger partial charge in [0.15, 0.2) is 0 Å². The largest absolute Gasteiger partial charge is 0.350 e. The molecule has 1 amide bonds. The van der Waals surface area contributed by atoms with Gasteiger partial charge in [-0.25, -0.2) is 4.98 Å². The van der Waals surface area contributed by atoms with Gasteiger partial charge in [-0.1, -0.05) is 13.3 Å². The van der Waals surface area contributed by atoms with Crippen LogP contribution in [0, 0.1) is 0 Å². The van der Waals surface area contributed by atoms with Crippen molar-refractivity contribution in [2.75, 3.05) is 26.2 Å². The highest BCUT2D eigenvalue weighted by Gasteiger charge is 2.12. The average Bonchev–Trinajstić information content (AvgIpc) is 2.89. The molecule has 0 saturated carbocycles. The first-order valence-corrected chi connectivity index (χ1v) is 7.56. The molecule has 2 heterocycles. The van der Waals surface area contributed by atoms with Crippen LogP contribution in [0.3, 0.4) is 0 Å². The monoisotopic (exact) mass is 267 g/mol. The van der Waals surface area contributed by atoms with E-state index in [4.69, 9.17) is 0 Å². The van der Waals surface area contributed by atoms with Gasteiger partial charge < -0.3 is 10.2 Å². The van der Waals surface area contributed by atoms with Crippen molar-refractivity contribution in [3.8, 4) is 0 Å². The maximum atomic E-state index is 11.9. The standard InChI is InChI=1S/C13H21N3OS/c1-2-12-15-10-11(18-12)13(17)14-6-9-16-7-4-3-5-8-16/h10H,2-9H2,1H3,(H,14,17). The van der Waals surface area contributed by atoms with Gasteiger partial charge >= 0.3 is 0 Å². The molecule has 1 aromatic heterocycles. The van der Waals surface area contributed by atoms with Crippen LogP contribution in [0.25, 0.3) is 0 Å². The van der Waals surface area contributed by atoms with Crippen LogP contribution in [-0.2, 0) is 6.42 Å². The summed E-state index contributed by atoms with van der Waals surface area (Å²) in [5, 5.41) is 4.00. The molecule has 2 rings (SSSR count). The third kappa shape index (κ3) is 3.78. The molecule has 1 fully saturated rings. The number of amides is 1. The SMILES string of the molecule is CCc1ncc(C(=O)NCCN2CCCCC2)s1. The van der Waals surface area contributed by atoms with Gasteiger partial charge in [0.25, 0.3) is 5.91 Å². The molecule has 0 radical (unpaired) electrons. The van der Waals surface area contributed by atoms with E-state index in [2.05, 4.69) is 22.1 Å². The highest BCUT2D eigenvalue weighted by atomic mass is 32.1. The summed E-state index contributed by atoms with van der Waals surface area (Å²) in [5.41, 5.74) is 0. The molecule has 100 valence electrons. The van der Waals surface area contributed by atoms with Gasteiger partial charge in [0, 0.05) is 13.1 Å². The number of carbonyl (C=O) groups is 1. The van der Waals surface area contributed by atoms with Gasteiger partial charge in [0.2, 0.25) is 0 Å². The first-order chi connectivity index (χ1) is 8.79. The number of likely N-dealkylation sites (tertiary alicyclic amines) is 1. The van der Waals surface area contributed by atoms with Crippen molar-refractivity contribution in [1.82, 2.24) is 15.2 Å². The van der Waals surface area contributed by atoms with Crippen LogP contribution in [0.5, 0.6) is 0 Å². The minimum Gasteiger partial charge on any atom is -0.350 e. The lowest BCUT2D eigenvalue weighted by atomic mass is 10.1. The number of nitrogens with zero attached hydrogens (tertiary/aromatic N) is 2. The lowest BCUT2D eigenvalue weighted by molar-refractivity contribution is 0.0950. The van der Waals surface area contributed by atoms with Crippen molar-refractivity contribution in [2.24, 2.45) is 0 Å². The van der Waals surface area contributed by atoms with Crippen molar-refractivity contribution in [3.05, 3.63) is 16.1 Å². The first-order valence-electron chi connectivity index (χ1n) is 6.75. The second-order valence-corrected chi connectivity index (χ2v) is 5.75. The zero-order valence-corrected chi connectivity index (χ0v) is 11.8. The van der Waals surface area contributed by atoms with Crippen LogP contribution in [0.15, 0.2) is 6.20 Å². The normalized spacial score (nSPS) is 16.7. The number of hydrogen-bond acceptors (Lipinski definition) is 4. The molecule has 0 spiro atoms. The Morgan fingerprint density at radius 1 is 1.44 bits per heavy atom. The Labute approximate surface area is 112 Å². The van der Waals surface area contributed by atoms with E-state index in [1.54, 1.807) is 6.20 Å². The second-order valence-electron chi connectivity index (χ2n) is 4.63. The highest BCUT2D eigenvalue weighted by molar-refractivity contribution is 7.13. The maximum Gasteiger partial charge on any atom is 0.263 e. The number of aryl methyl sites for hydroxylation is 1. The van der Waals surface area contributed by atoms with E-state index in [0.29, 0.717) is 0 Å². The zero-order valence-electron chi connectivity index (χ0n) is 10.9. The number of piperidine rings is 1. The molecule has 1 aliphatic heterocycles. The van der Waals surface area contributed by atoms with Crippen LogP contribution in [0.4, 0.5) is 0 Å². The van der Waals surface area contributed by atoms with Gasteiger partial charge in [-0.3, -0.25) is 4.79 Å². The summed E-state index contributed by atoms with van der Waals surface area (Å²) in [5.74, 6) is 0.0178. The first kappa shape index (κ1) is 13.5. The van der Waals surface area contributed by atoms with Crippen LogP contribution in [0.2, 0.25) is 0 Å².